The van der Waals surface area contributed by atoms with Gasteiger partial charge in [-0.2, -0.15) is 5.26 Å². The van der Waals surface area contributed by atoms with Crippen molar-refractivity contribution in [1.29, 1.82) is 5.26 Å². The molecule has 0 aromatic heterocycles. The third-order valence-electron chi connectivity index (χ3n) is 1.89. The van der Waals surface area contributed by atoms with Gasteiger partial charge in [0.25, 0.3) is 0 Å². The van der Waals surface area contributed by atoms with E-state index in [9.17, 15) is 4.79 Å². The Kier molecular flexibility index (Phi) is 3.87. The number of Topliss-reactive ketones (excluding diaryl/α,β-unsaturated/α-hetero) is 1. The summed E-state index contributed by atoms with van der Waals surface area (Å²) in [6.45, 7) is 3.75. The molecule has 1 rings (SSSR count). The van der Waals surface area contributed by atoms with E-state index in [2.05, 4.69) is 15.9 Å². The number of rotatable bonds is 3. The lowest BCUT2D eigenvalue weighted by molar-refractivity contribution is 0.101. The first kappa shape index (κ1) is 11.7. The molecule has 4 heteroatoms. The second-order valence-corrected chi connectivity index (χ2v) is 3.70. The molecule has 0 aliphatic carbocycles. The predicted molar refractivity (Wildman–Crippen MR) is 60.0 cm³/mol. The van der Waals surface area contributed by atoms with Gasteiger partial charge in [0.1, 0.15) is 11.8 Å². The van der Waals surface area contributed by atoms with Crippen LogP contribution >= 0.6 is 15.9 Å². The molecule has 0 bridgehead atoms. The topological polar surface area (TPSA) is 50.1 Å². The predicted octanol–water partition coefficient (Wildman–Crippen LogP) is 2.92. The third kappa shape index (κ3) is 2.37. The van der Waals surface area contributed by atoms with Crippen molar-refractivity contribution in [3.63, 3.8) is 0 Å². The molecular formula is C11H10BrNO2. The minimum absolute atomic E-state index is 0.0800. The fourth-order valence-corrected chi connectivity index (χ4v) is 1.75. The van der Waals surface area contributed by atoms with Crippen LogP contribution < -0.4 is 4.74 Å². The van der Waals surface area contributed by atoms with Gasteiger partial charge in [-0.15, -0.1) is 0 Å². The van der Waals surface area contributed by atoms with Crippen LogP contribution in [0.4, 0.5) is 0 Å². The van der Waals surface area contributed by atoms with Crippen molar-refractivity contribution in [2.75, 3.05) is 6.61 Å². The van der Waals surface area contributed by atoms with Gasteiger partial charge >= 0.3 is 0 Å². The number of nitrogens with zero attached hydrogens (tertiary/aromatic N) is 1. The zero-order chi connectivity index (χ0) is 11.4. The first-order valence-corrected chi connectivity index (χ1v) is 5.27. The smallest absolute Gasteiger partial charge is 0.163 e. The number of ketones is 1. The Balaban J connectivity index is 3.38. The van der Waals surface area contributed by atoms with Crippen LogP contribution in [0.2, 0.25) is 0 Å². The van der Waals surface area contributed by atoms with Crippen LogP contribution in [0, 0.1) is 11.3 Å². The van der Waals surface area contributed by atoms with E-state index in [1.54, 1.807) is 12.1 Å². The van der Waals surface area contributed by atoms with E-state index in [-0.39, 0.29) is 5.78 Å². The maximum Gasteiger partial charge on any atom is 0.163 e. The molecule has 0 aliphatic heterocycles. The number of hydrogen-bond acceptors (Lipinski definition) is 3. The van der Waals surface area contributed by atoms with Crippen LogP contribution in [0.15, 0.2) is 16.6 Å². The number of carbonyl (C=O) groups is 1. The SMILES string of the molecule is CCOc1c(C(C)=O)ccc(C#N)c1Br. The highest BCUT2D eigenvalue weighted by Gasteiger charge is 2.15. The minimum atomic E-state index is -0.0800. The lowest BCUT2D eigenvalue weighted by Gasteiger charge is -2.10. The molecule has 0 fully saturated rings. The molecule has 78 valence electrons. The maximum absolute atomic E-state index is 11.3. The molecule has 0 heterocycles. The number of ether oxygens (including phenoxy) is 1. The minimum Gasteiger partial charge on any atom is -0.492 e. The van der Waals surface area contributed by atoms with Gasteiger partial charge in [0, 0.05) is 0 Å². The third-order valence-corrected chi connectivity index (χ3v) is 2.67. The Morgan fingerprint density at radius 3 is 2.73 bits per heavy atom. The molecule has 0 amide bonds. The van der Waals surface area contributed by atoms with E-state index in [0.29, 0.717) is 28.0 Å². The number of benzene rings is 1. The van der Waals surface area contributed by atoms with Gasteiger partial charge in [0.15, 0.2) is 5.78 Å². The van der Waals surface area contributed by atoms with Gasteiger partial charge in [-0.25, -0.2) is 0 Å². The Morgan fingerprint density at radius 2 is 2.27 bits per heavy atom. The molecule has 15 heavy (non-hydrogen) atoms. The molecule has 0 aliphatic rings. The first-order valence-electron chi connectivity index (χ1n) is 4.48. The number of carbonyl (C=O) groups excluding carboxylic acids is 1. The van der Waals surface area contributed by atoms with Gasteiger partial charge in [-0.1, -0.05) is 0 Å². The van der Waals surface area contributed by atoms with Crippen molar-refractivity contribution in [2.45, 2.75) is 13.8 Å². The van der Waals surface area contributed by atoms with E-state index in [4.69, 9.17) is 10.00 Å². The van der Waals surface area contributed by atoms with Crippen molar-refractivity contribution >= 4 is 21.7 Å². The van der Waals surface area contributed by atoms with Crippen LogP contribution in [0.25, 0.3) is 0 Å². The van der Waals surface area contributed by atoms with Crippen molar-refractivity contribution in [3.05, 3.63) is 27.7 Å². The lowest BCUT2D eigenvalue weighted by Crippen LogP contribution is -2.02. The average Bonchev–Trinajstić information content (AvgIpc) is 2.20. The zero-order valence-electron chi connectivity index (χ0n) is 8.50. The molecule has 0 saturated heterocycles. The number of nitriles is 1. The Hall–Kier alpha value is -1.34. The summed E-state index contributed by atoms with van der Waals surface area (Å²) in [6.07, 6.45) is 0. The van der Waals surface area contributed by atoms with E-state index >= 15 is 0 Å². The molecule has 0 saturated carbocycles. The highest BCUT2D eigenvalue weighted by Crippen LogP contribution is 2.32. The summed E-state index contributed by atoms with van der Waals surface area (Å²) >= 11 is 3.26. The molecule has 1 aromatic carbocycles. The summed E-state index contributed by atoms with van der Waals surface area (Å²) in [7, 11) is 0. The van der Waals surface area contributed by atoms with Gasteiger partial charge in [-0.3, -0.25) is 4.79 Å². The normalized spacial score (nSPS) is 9.47. The average molecular weight is 268 g/mol. The molecular weight excluding hydrogens is 258 g/mol. The molecule has 1 aromatic rings. The van der Waals surface area contributed by atoms with Crippen LogP contribution in [0.1, 0.15) is 29.8 Å². The second kappa shape index (κ2) is 4.94. The molecule has 3 nitrogen and oxygen atoms in total. The Labute approximate surface area is 96.8 Å². The Bertz CT molecular complexity index is 435. The van der Waals surface area contributed by atoms with Gasteiger partial charge in [0.2, 0.25) is 0 Å². The first-order chi connectivity index (χ1) is 7.11. The monoisotopic (exact) mass is 267 g/mol. The van der Waals surface area contributed by atoms with Gasteiger partial charge in [-0.05, 0) is 41.9 Å². The molecule has 0 N–H and O–H groups in total. The van der Waals surface area contributed by atoms with E-state index in [1.807, 2.05) is 13.0 Å². The summed E-state index contributed by atoms with van der Waals surface area (Å²) in [5.41, 5.74) is 0.950. The fraction of sp³-hybridized carbons (Fsp3) is 0.273. The lowest BCUT2D eigenvalue weighted by atomic mass is 10.1. The van der Waals surface area contributed by atoms with Crippen molar-refractivity contribution in [1.82, 2.24) is 0 Å². The summed E-state index contributed by atoms with van der Waals surface area (Å²) < 4.78 is 5.89. The molecule has 0 radical (unpaired) electrons. The largest absolute Gasteiger partial charge is 0.492 e. The van der Waals surface area contributed by atoms with Crippen molar-refractivity contribution < 1.29 is 9.53 Å². The van der Waals surface area contributed by atoms with Crippen LogP contribution in [0.3, 0.4) is 0 Å². The summed E-state index contributed by atoms with van der Waals surface area (Å²) in [5.74, 6) is 0.368. The summed E-state index contributed by atoms with van der Waals surface area (Å²) in [4.78, 5) is 11.3. The summed E-state index contributed by atoms with van der Waals surface area (Å²) in [5, 5.41) is 8.82. The maximum atomic E-state index is 11.3. The number of hydrogen-bond donors (Lipinski definition) is 0. The highest BCUT2D eigenvalue weighted by atomic mass is 79.9. The molecule has 0 unspecified atom stereocenters. The highest BCUT2D eigenvalue weighted by molar-refractivity contribution is 9.10. The molecule has 0 atom stereocenters. The van der Waals surface area contributed by atoms with Crippen molar-refractivity contribution in [2.24, 2.45) is 0 Å². The van der Waals surface area contributed by atoms with Crippen LogP contribution in [-0.4, -0.2) is 12.4 Å². The second-order valence-electron chi connectivity index (χ2n) is 2.90. The van der Waals surface area contributed by atoms with Gasteiger partial charge in [0.05, 0.1) is 22.2 Å². The van der Waals surface area contributed by atoms with Crippen LogP contribution in [0.5, 0.6) is 5.75 Å². The van der Waals surface area contributed by atoms with Crippen molar-refractivity contribution in [3.8, 4) is 11.8 Å². The van der Waals surface area contributed by atoms with E-state index in [0.717, 1.165) is 0 Å². The van der Waals surface area contributed by atoms with E-state index < -0.39 is 0 Å². The van der Waals surface area contributed by atoms with Crippen LogP contribution in [-0.2, 0) is 0 Å². The quantitative estimate of drug-likeness (QED) is 0.792. The number of halogens is 1. The summed E-state index contributed by atoms with van der Waals surface area (Å²) in [6, 6.07) is 5.23. The van der Waals surface area contributed by atoms with E-state index in [1.165, 1.54) is 6.92 Å². The zero-order valence-corrected chi connectivity index (χ0v) is 10.1. The fourth-order valence-electron chi connectivity index (χ4n) is 1.21. The Morgan fingerprint density at radius 1 is 1.60 bits per heavy atom. The molecule has 0 spiro atoms. The van der Waals surface area contributed by atoms with Gasteiger partial charge < -0.3 is 4.74 Å². The standard InChI is InChI=1S/C11H10BrNO2/c1-3-15-11-9(7(2)14)5-4-8(6-13)10(11)12/h4-5H,3H2,1-2H3.